The van der Waals surface area contributed by atoms with Crippen molar-refractivity contribution >= 4 is 23.2 Å². The molecular weight excluding hydrogens is 276 g/mol. The number of nitrogens with one attached hydrogen (secondary N) is 1. The van der Waals surface area contributed by atoms with E-state index >= 15 is 0 Å². The predicted octanol–water partition coefficient (Wildman–Crippen LogP) is 3.19. The molecule has 1 saturated carbocycles. The lowest BCUT2D eigenvalue weighted by atomic mass is 10.1. The van der Waals surface area contributed by atoms with E-state index in [0.717, 1.165) is 19.3 Å². The Hall–Kier alpha value is -1.26. The molecule has 110 valence electrons. The van der Waals surface area contributed by atoms with E-state index in [2.05, 4.69) is 5.32 Å². The first-order chi connectivity index (χ1) is 9.60. The van der Waals surface area contributed by atoms with Crippen LogP contribution in [0.4, 0.5) is 5.69 Å². The average molecular weight is 297 g/mol. The number of nitrogens with two attached hydrogens (primary N) is 1. The van der Waals surface area contributed by atoms with Crippen molar-refractivity contribution in [2.75, 3.05) is 11.9 Å². The normalized spacial score (nSPS) is 15.8. The van der Waals surface area contributed by atoms with Gasteiger partial charge in [-0.25, -0.2) is 0 Å². The Kier molecular flexibility index (Phi) is 5.26. The highest BCUT2D eigenvalue weighted by Gasteiger charge is 2.29. The van der Waals surface area contributed by atoms with Crippen LogP contribution in [-0.4, -0.2) is 18.6 Å². The lowest BCUT2D eigenvalue weighted by molar-refractivity contribution is -0.116. The van der Waals surface area contributed by atoms with Crippen molar-refractivity contribution in [1.29, 1.82) is 0 Å². The number of ether oxygens (including phenoxy) is 1. The lowest BCUT2D eigenvalue weighted by Crippen LogP contribution is -2.28. The zero-order valence-corrected chi connectivity index (χ0v) is 12.5. The van der Waals surface area contributed by atoms with Crippen LogP contribution in [0.3, 0.4) is 0 Å². The average Bonchev–Trinajstić information content (AvgIpc) is 3.22. The Balaban J connectivity index is 1.88. The van der Waals surface area contributed by atoms with Crippen molar-refractivity contribution in [3.05, 3.63) is 23.2 Å². The van der Waals surface area contributed by atoms with Crippen LogP contribution >= 0.6 is 11.6 Å². The number of halogens is 1. The standard InChI is InChI=1S/C15H21ClN2O2/c1-2-7-20-14-6-5-11(8-12(14)16)18-15(19)9-13(17)10-3-4-10/h5-6,8,10,13H,2-4,7,9,17H2,1H3,(H,18,19). The van der Waals surface area contributed by atoms with E-state index in [1.807, 2.05) is 6.92 Å². The van der Waals surface area contributed by atoms with Gasteiger partial charge in [-0.15, -0.1) is 0 Å². The second-order valence-corrected chi connectivity index (χ2v) is 5.65. The highest BCUT2D eigenvalue weighted by Crippen LogP contribution is 2.33. The molecule has 0 spiro atoms. The van der Waals surface area contributed by atoms with Gasteiger partial charge in [0.15, 0.2) is 0 Å². The summed E-state index contributed by atoms with van der Waals surface area (Å²) in [5.41, 5.74) is 6.61. The second kappa shape index (κ2) is 6.95. The van der Waals surface area contributed by atoms with Gasteiger partial charge in [-0.05, 0) is 43.4 Å². The molecule has 1 unspecified atom stereocenters. The maximum absolute atomic E-state index is 11.9. The van der Waals surface area contributed by atoms with Gasteiger partial charge in [0.25, 0.3) is 0 Å². The molecule has 4 nitrogen and oxygen atoms in total. The van der Waals surface area contributed by atoms with Crippen LogP contribution in [-0.2, 0) is 4.79 Å². The highest BCUT2D eigenvalue weighted by atomic mass is 35.5. The van der Waals surface area contributed by atoms with Crippen LogP contribution in [0.5, 0.6) is 5.75 Å². The zero-order chi connectivity index (χ0) is 14.5. The number of hydrogen-bond donors (Lipinski definition) is 2. The van der Waals surface area contributed by atoms with E-state index < -0.39 is 0 Å². The molecule has 0 heterocycles. The first kappa shape index (κ1) is 15.1. The Morgan fingerprint density at radius 2 is 2.30 bits per heavy atom. The highest BCUT2D eigenvalue weighted by molar-refractivity contribution is 6.32. The molecule has 1 amide bonds. The maximum atomic E-state index is 11.9. The molecular formula is C15H21ClN2O2. The van der Waals surface area contributed by atoms with E-state index in [1.165, 1.54) is 0 Å². The smallest absolute Gasteiger partial charge is 0.225 e. The molecule has 1 fully saturated rings. The van der Waals surface area contributed by atoms with Gasteiger partial charge in [-0.2, -0.15) is 0 Å². The van der Waals surface area contributed by atoms with E-state index in [-0.39, 0.29) is 11.9 Å². The van der Waals surface area contributed by atoms with Crippen molar-refractivity contribution in [2.24, 2.45) is 11.7 Å². The SMILES string of the molecule is CCCOc1ccc(NC(=O)CC(N)C2CC2)cc1Cl. The number of hydrogen-bond acceptors (Lipinski definition) is 3. The third-order valence-electron chi connectivity index (χ3n) is 3.33. The van der Waals surface area contributed by atoms with Crippen molar-refractivity contribution in [2.45, 2.75) is 38.6 Å². The maximum Gasteiger partial charge on any atom is 0.225 e. The molecule has 5 heteroatoms. The van der Waals surface area contributed by atoms with Crippen LogP contribution in [0.2, 0.25) is 5.02 Å². The summed E-state index contributed by atoms with van der Waals surface area (Å²) in [4.78, 5) is 11.9. The lowest BCUT2D eigenvalue weighted by Gasteiger charge is -2.12. The Morgan fingerprint density at radius 1 is 1.55 bits per heavy atom. The number of rotatable bonds is 7. The molecule has 0 bridgehead atoms. The van der Waals surface area contributed by atoms with E-state index in [0.29, 0.717) is 35.4 Å². The summed E-state index contributed by atoms with van der Waals surface area (Å²) in [7, 11) is 0. The topological polar surface area (TPSA) is 64.3 Å². The number of amides is 1. The molecule has 0 aromatic heterocycles. The fourth-order valence-electron chi connectivity index (χ4n) is 2.02. The number of benzene rings is 1. The van der Waals surface area contributed by atoms with Crippen molar-refractivity contribution in [3.63, 3.8) is 0 Å². The Morgan fingerprint density at radius 3 is 2.90 bits per heavy atom. The van der Waals surface area contributed by atoms with E-state index in [1.54, 1.807) is 18.2 Å². The van der Waals surface area contributed by atoms with E-state index in [9.17, 15) is 4.79 Å². The van der Waals surface area contributed by atoms with Crippen molar-refractivity contribution in [1.82, 2.24) is 0 Å². The van der Waals surface area contributed by atoms with Crippen LogP contribution < -0.4 is 15.8 Å². The van der Waals surface area contributed by atoms with Gasteiger partial charge in [0.2, 0.25) is 5.91 Å². The van der Waals surface area contributed by atoms with Gasteiger partial charge >= 0.3 is 0 Å². The second-order valence-electron chi connectivity index (χ2n) is 5.25. The van der Waals surface area contributed by atoms with Gasteiger partial charge in [-0.1, -0.05) is 18.5 Å². The largest absolute Gasteiger partial charge is 0.492 e. The summed E-state index contributed by atoms with van der Waals surface area (Å²) < 4.78 is 5.49. The molecule has 2 rings (SSSR count). The van der Waals surface area contributed by atoms with Crippen LogP contribution in [0.25, 0.3) is 0 Å². The molecule has 1 aromatic rings. The molecule has 1 aliphatic rings. The minimum Gasteiger partial charge on any atom is -0.492 e. The van der Waals surface area contributed by atoms with Crippen LogP contribution in [0.1, 0.15) is 32.6 Å². The summed E-state index contributed by atoms with van der Waals surface area (Å²) in [5, 5.41) is 3.32. The first-order valence-corrected chi connectivity index (χ1v) is 7.45. The number of anilines is 1. The quantitative estimate of drug-likeness (QED) is 0.812. The third-order valence-corrected chi connectivity index (χ3v) is 3.62. The van der Waals surface area contributed by atoms with Crippen molar-refractivity contribution in [3.8, 4) is 5.75 Å². The van der Waals surface area contributed by atoms with Gasteiger partial charge < -0.3 is 15.8 Å². The summed E-state index contributed by atoms with van der Waals surface area (Å²) in [5.74, 6) is 1.10. The fraction of sp³-hybridized carbons (Fsp3) is 0.533. The van der Waals surface area contributed by atoms with Gasteiger partial charge in [0.1, 0.15) is 5.75 Å². The first-order valence-electron chi connectivity index (χ1n) is 7.08. The molecule has 0 aliphatic heterocycles. The van der Waals surface area contributed by atoms with Gasteiger partial charge in [0, 0.05) is 18.2 Å². The van der Waals surface area contributed by atoms with Gasteiger partial charge in [-0.3, -0.25) is 4.79 Å². The summed E-state index contributed by atoms with van der Waals surface area (Å²) >= 11 is 6.11. The molecule has 0 radical (unpaired) electrons. The predicted molar refractivity (Wildman–Crippen MR) is 81.2 cm³/mol. The minimum atomic E-state index is -0.0670. The number of carbonyl (C=O) groups excluding carboxylic acids is 1. The fourth-order valence-corrected chi connectivity index (χ4v) is 2.26. The van der Waals surface area contributed by atoms with Crippen molar-refractivity contribution < 1.29 is 9.53 Å². The minimum absolute atomic E-state index is 0.0300. The monoisotopic (exact) mass is 296 g/mol. The molecule has 3 N–H and O–H groups in total. The summed E-state index contributed by atoms with van der Waals surface area (Å²) in [6, 6.07) is 5.23. The third kappa shape index (κ3) is 4.39. The molecule has 0 saturated heterocycles. The molecule has 1 aromatic carbocycles. The Bertz CT molecular complexity index is 475. The van der Waals surface area contributed by atoms with Crippen LogP contribution in [0.15, 0.2) is 18.2 Å². The Labute approximate surface area is 124 Å². The summed E-state index contributed by atoms with van der Waals surface area (Å²) in [6.45, 7) is 2.66. The molecule has 20 heavy (non-hydrogen) atoms. The van der Waals surface area contributed by atoms with Crippen LogP contribution in [0, 0.1) is 5.92 Å². The van der Waals surface area contributed by atoms with Gasteiger partial charge in [0.05, 0.1) is 11.6 Å². The summed E-state index contributed by atoms with van der Waals surface area (Å²) in [6.07, 6.45) is 3.57. The molecule has 1 aliphatic carbocycles. The number of carbonyl (C=O) groups is 1. The molecule has 1 atom stereocenters. The van der Waals surface area contributed by atoms with E-state index in [4.69, 9.17) is 22.1 Å². The zero-order valence-electron chi connectivity index (χ0n) is 11.7.